The zero-order chi connectivity index (χ0) is 18.6. The normalized spacial score (nSPS) is 13.2. The van der Waals surface area contributed by atoms with Gasteiger partial charge in [0.05, 0.1) is 22.9 Å². The minimum absolute atomic E-state index is 0.267. The maximum Gasteiger partial charge on any atom is 0.191 e. The highest BCUT2D eigenvalue weighted by Crippen LogP contribution is 2.18. The van der Waals surface area contributed by atoms with Crippen molar-refractivity contribution >= 4 is 17.3 Å². The van der Waals surface area contributed by atoms with Crippen LogP contribution < -0.4 is 10.6 Å². The van der Waals surface area contributed by atoms with E-state index < -0.39 is 0 Å². The van der Waals surface area contributed by atoms with Gasteiger partial charge in [0.1, 0.15) is 0 Å². The van der Waals surface area contributed by atoms with Gasteiger partial charge in [0, 0.05) is 30.2 Å². The van der Waals surface area contributed by atoms with Crippen molar-refractivity contribution in [3.05, 3.63) is 32.5 Å². The largest absolute Gasteiger partial charge is 0.357 e. The number of thiazole rings is 1. The molecular formula is C18H30N6S. The lowest BCUT2D eigenvalue weighted by molar-refractivity contribution is 0.636. The van der Waals surface area contributed by atoms with Crippen molar-refractivity contribution in [1.82, 2.24) is 25.4 Å². The maximum atomic E-state index is 4.73. The molecular weight excluding hydrogens is 332 g/mol. The van der Waals surface area contributed by atoms with Gasteiger partial charge in [-0.05, 0) is 53.5 Å². The second kappa shape index (κ2) is 8.47. The SMILES string of the molecule is CCNC(=NCc1sc(C)nc1C)NC(C)Cc1c(C)nn(C)c1C. The number of aryl methyl sites for hydroxylation is 4. The van der Waals surface area contributed by atoms with Crippen molar-refractivity contribution in [2.75, 3.05) is 6.54 Å². The van der Waals surface area contributed by atoms with Crippen LogP contribution in [0.15, 0.2) is 4.99 Å². The van der Waals surface area contributed by atoms with Gasteiger partial charge in [-0.1, -0.05) is 0 Å². The molecule has 2 N–H and O–H groups in total. The smallest absolute Gasteiger partial charge is 0.191 e. The highest BCUT2D eigenvalue weighted by molar-refractivity contribution is 7.11. The first-order valence-electron chi connectivity index (χ1n) is 8.78. The number of nitrogens with one attached hydrogen (secondary N) is 2. The first-order chi connectivity index (χ1) is 11.8. The van der Waals surface area contributed by atoms with Gasteiger partial charge in [0.2, 0.25) is 0 Å². The fourth-order valence-corrected chi connectivity index (χ4v) is 3.76. The van der Waals surface area contributed by atoms with Gasteiger partial charge in [0.25, 0.3) is 0 Å². The van der Waals surface area contributed by atoms with E-state index in [1.807, 2.05) is 25.6 Å². The summed E-state index contributed by atoms with van der Waals surface area (Å²) >= 11 is 1.72. The highest BCUT2D eigenvalue weighted by Gasteiger charge is 2.14. The molecule has 0 fully saturated rings. The van der Waals surface area contributed by atoms with Crippen LogP contribution in [0, 0.1) is 27.7 Å². The Balaban J connectivity index is 2.04. The van der Waals surface area contributed by atoms with Gasteiger partial charge in [-0.25, -0.2) is 9.98 Å². The van der Waals surface area contributed by atoms with Gasteiger partial charge in [-0.2, -0.15) is 5.10 Å². The molecule has 7 heteroatoms. The molecule has 0 saturated heterocycles. The summed E-state index contributed by atoms with van der Waals surface area (Å²) in [7, 11) is 1.99. The van der Waals surface area contributed by atoms with Gasteiger partial charge in [-0.15, -0.1) is 11.3 Å². The second-order valence-corrected chi connectivity index (χ2v) is 7.75. The van der Waals surface area contributed by atoms with Crippen molar-refractivity contribution in [1.29, 1.82) is 0 Å². The standard InChI is InChI=1S/C18H30N6S/c1-8-19-18(20-10-17-13(4)22-15(6)25-17)21-11(2)9-16-12(3)23-24(7)14(16)5/h11H,8-10H2,1-7H3,(H2,19,20,21). The molecule has 2 aromatic heterocycles. The fourth-order valence-electron chi connectivity index (χ4n) is 2.89. The predicted molar refractivity (Wildman–Crippen MR) is 105 cm³/mol. The van der Waals surface area contributed by atoms with E-state index in [1.165, 1.54) is 16.1 Å². The van der Waals surface area contributed by atoms with Crippen LogP contribution in [0.4, 0.5) is 0 Å². The van der Waals surface area contributed by atoms with Crippen molar-refractivity contribution in [2.24, 2.45) is 12.0 Å². The lowest BCUT2D eigenvalue weighted by Gasteiger charge is -2.18. The Bertz CT molecular complexity index is 743. The number of aliphatic imine (C=N–C) groups is 1. The van der Waals surface area contributed by atoms with Crippen LogP contribution in [0.2, 0.25) is 0 Å². The molecule has 0 aliphatic heterocycles. The molecule has 0 radical (unpaired) electrons. The van der Waals surface area contributed by atoms with E-state index in [-0.39, 0.29) is 6.04 Å². The van der Waals surface area contributed by atoms with E-state index in [9.17, 15) is 0 Å². The number of hydrogen-bond donors (Lipinski definition) is 2. The molecule has 0 aliphatic carbocycles. The van der Waals surface area contributed by atoms with Gasteiger partial charge in [0.15, 0.2) is 5.96 Å². The minimum atomic E-state index is 0.267. The molecule has 0 amide bonds. The summed E-state index contributed by atoms with van der Waals surface area (Å²) in [6, 6.07) is 0.267. The van der Waals surface area contributed by atoms with Crippen molar-refractivity contribution < 1.29 is 0 Å². The topological polar surface area (TPSA) is 67.1 Å². The number of hydrogen-bond acceptors (Lipinski definition) is 4. The van der Waals surface area contributed by atoms with Gasteiger partial charge in [-0.3, -0.25) is 4.68 Å². The van der Waals surface area contributed by atoms with E-state index in [0.29, 0.717) is 6.54 Å². The van der Waals surface area contributed by atoms with Crippen LogP contribution in [0.1, 0.15) is 46.4 Å². The molecule has 2 aromatic rings. The zero-order valence-electron chi connectivity index (χ0n) is 16.4. The van der Waals surface area contributed by atoms with Crippen LogP contribution in [0.5, 0.6) is 0 Å². The third kappa shape index (κ3) is 5.04. The summed E-state index contributed by atoms with van der Waals surface area (Å²) in [6.45, 7) is 14.0. The first kappa shape index (κ1) is 19.4. The quantitative estimate of drug-likeness (QED) is 0.612. The summed E-state index contributed by atoms with van der Waals surface area (Å²) in [5, 5.41) is 12.4. The Morgan fingerprint density at radius 1 is 1.24 bits per heavy atom. The molecule has 0 aliphatic rings. The molecule has 2 rings (SSSR count). The number of rotatable bonds is 6. The molecule has 0 aromatic carbocycles. The third-order valence-electron chi connectivity index (χ3n) is 4.28. The van der Waals surface area contributed by atoms with E-state index in [0.717, 1.165) is 35.3 Å². The highest BCUT2D eigenvalue weighted by atomic mass is 32.1. The average Bonchev–Trinajstić information content (AvgIpc) is 2.98. The third-order valence-corrected chi connectivity index (χ3v) is 5.33. The van der Waals surface area contributed by atoms with Crippen LogP contribution in [0.3, 0.4) is 0 Å². The Labute approximate surface area is 154 Å². The van der Waals surface area contributed by atoms with Crippen molar-refractivity contribution in [2.45, 2.75) is 60.5 Å². The molecule has 6 nitrogen and oxygen atoms in total. The lowest BCUT2D eigenvalue weighted by Crippen LogP contribution is -2.43. The van der Waals surface area contributed by atoms with Crippen LogP contribution >= 0.6 is 11.3 Å². The molecule has 0 saturated carbocycles. The lowest BCUT2D eigenvalue weighted by atomic mass is 10.1. The molecule has 0 spiro atoms. The minimum Gasteiger partial charge on any atom is -0.357 e. The fraction of sp³-hybridized carbons (Fsp3) is 0.611. The zero-order valence-corrected chi connectivity index (χ0v) is 17.2. The molecule has 2 heterocycles. The number of nitrogens with zero attached hydrogens (tertiary/aromatic N) is 4. The Kier molecular flexibility index (Phi) is 6.58. The van der Waals surface area contributed by atoms with Crippen molar-refractivity contribution in [3.63, 3.8) is 0 Å². The average molecular weight is 363 g/mol. The summed E-state index contributed by atoms with van der Waals surface area (Å²) in [6.07, 6.45) is 0.925. The van der Waals surface area contributed by atoms with E-state index >= 15 is 0 Å². The summed E-state index contributed by atoms with van der Waals surface area (Å²) in [4.78, 5) is 10.4. The van der Waals surface area contributed by atoms with Crippen LogP contribution in [-0.2, 0) is 20.0 Å². The predicted octanol–water partition coefficient (Wildman–Crippen LogP) is 2.80. The molecule has 1 atom stereocenters. The monoisotopic (exact) mass is 362 g/mol. The van der Waals surface area contributed by atoms with Crippen LogP contribution in [0.25, 0.3) is 0 Å². The Morgan fingerprint density at radius 2 is 1.96 bits per heavy atom. The van der Waals surface area contributed by atoms with E-state index in [4.69, 9.17) is 4.99 Å². The van der Waals surface area contributed by atoms with Crippen molar-refractivity contribution in [3.8, 4) is 0 Å². The number of guanidine groups is 1. The Morgan fingerprint density at radius 3 is 2.48 bits per heavy atom. The summed E-state index contributed by atoms with van der Waals surface area (Å²) in [5.41, 5.74) is 4.72. The van der Waals surface area contributed by atoms with Gasteiger partial charge >= 0.3 is 0 Å². The second-order valence-electron chi connectivity index (χ2n) is 6.46. The number of aromatic nitrogens is 3. The maximum absolute atomic E-state index is 4.73. The first-order valence-corrected chi connectivity index (χ1v) is 9.60. The molecule has 138 valence electrons. The summed E-state index contributed by atoms with van der Waals surface area (Å²) < 4.78 is 1.95. The summed E-state index contributed by atoms with van der Waals surface area (Å²) in [5.74, 6) is 0.847. The van der Waals surface area contributed by atoms with Gasteiger partial charge < -0.3 is 10.6 Å². The van der Waals surface area contributed by atoms with Crippen LogP contribution in [-0.4, -0.2) is 33.3 Å². The Hall–Kier alpha value is -1.89. The molecule has 1 unspecified atom stereocenters. The molecule has 25 heavy (non-hydrogen) atoms. The van der Waals surface area contributed by atoms with E-state index in [1.54, 1.807) is 11.3 Å². The molecule has 0 bridgehead atoms. The van der Waals surface area contributed by atoms with E-state index in [2.05, 4.69) is 48.4 Å².